The third-order valence-electron chi connectivity index (χ3n) is 3.53. The Morgan fingerprint density at radius 2 is 1.89 bits per heavy atom. The molecule has 1 saturated heterocycles. The molecule has 0 aromatic heterocycles. The topological polar surface area (TPSA) is 26.3 Å². The van der Waals surface area contributed by atoms with E-state index in [0.29, 0.717) is 0 Å². The van der Waals surface area contributed by atoms with Crippen LogP contribution < -0.4 is 0 Å². The molecule has 0 bridgehead atoms. The number of ether oxygens (including phenoxy) is 1. The van der Waals surface area contributed by atoms with Crippen LogP contribution in [0.25, 0.3) is 0 Å². The van der Waals surface area contributed by atoms with Crippen LogP contribution in [-0.4, -0.2) is 17.0 Å². The van der Waals surface area contributed by atoms with Crippen molar-refractivity contribution in [3.05, 3.63) is 34.3 Å². The fourth-order valence-electron chi connectivity index (χ4n) is 2.82. The molecule has 0 radical (unpaired) electrons. The van der Waals surface area contributed by atoms with Crippen LogP contribution in [-0.2, 0) is 4.74 Å². The zero-order valence-corrected chi connectivity index (χ0v) is 12.9. The number of benzene rings is 1. The first-order chi connectivity index (χ1) is 8.23. The number of carbonyl (C=O) groups is 1. The summed E-state index contributed by atoms with van der Waals surface area (Å²) in [5, 5.41) is 0. The van der Waals surface area contributed by atoms with E-state index in [-0.39, 0.29) is 17.3 Å². The van der Waals surface area contributed by atoms with Gasteiger partial charge in [0.15, 0.2) is 5.78 Å². The highest BCUT2D eigenvalue weighted by Crippen LogP contribution is 2.43. The van der Waals surface area contributed by atoms with Crippen molar-refractivity contribution in [2.45, 2.75) is 45.3 Å². The molecule has 0 aliphatic carbocycles. The van der Waals surface area contributed by atoms with Gasteiger partial charge in [-0.1, -0.05) is 34.1 Å². The summed E-state index contributed by atoms with van der Waals surface area (Å²) in [6.45, 7) is 8.09. The maximum absolute atomic E-state index is 12.7. The molecule has 0 spiro atoms. The summed E-state index contributed by atoms with van der Waals surface area (Å²) < 4.78 is 6.85. The SMILES string of the molecule is CC1(C)CC(C(=O)c2ccccc2Br)C(C)(C)O1. The van der Waals surface area contributed by atoms with Crippen molar-refractivity contribution in [3.8, 4) is 0 Å². The van der Waals surface area contributed by atoms with Crippen LogP contribution in [0, 0.1) is 5.92 Å². The van der Waals surface area contributed by atoms with Gasteiger partial charge in [-0.15, -0.1) is 0 Å². The fraction of sp³-hybridized carbons (Fsp3) is 0.533. The molecule has 1 aliphatic heterocycles. The fourth-order valence-corrected chi connectivity index (χ4v) is 3.30. The van der Waals surface area contributed by atoms with Crippen molar-refractivity contribution in [3.63, 3.8) is 0 Å². The van der Waals surface area contributed by atoms with Gasteiger partial charge >= 0.3 is 0 Å². The van der Waals surface area contributed by atoms with Crippen LogP contribution in [0.15, 0.2) is 28.7 Å². The van der Waals surface area contributed by atoms with Crippen LogP contribution >= 0.6 is 15.9 Å². The predicted molar refractivity (Wildman–Crippen MR) is 75.8 cm³/mol. The monoisotopic (exact) mass is 310 g/mol. The molecule has 1 atom stereocenters. The molecular weight excluding hydrogens is 292 g/mol. The van der Waals surface area contributed by atoms with E-state index >= 15 is 0 Å². The Hall–Kier alpha value is -0.670. The Labute approximate surface area is 117 Å². The van der Waals surface area contributed by atoms with Gasteiger partial charge in [-0.2, -0.15) is 0 Å². The second kappa shape index (κ2) is 4.46. The molecular formula is C15H19BrO2. The standard InChI is InChI=1S/C15H19BrO2/c1-14(2)9-11(15(3,4)18-14)13(17)10-7-5-6-8-12(10)16/h5-8,11H,9H2,1-4H3. The molecule has 3 heteroatoms. The molecule has 98 valence electrons. The summed E-state index contributed by atoms with van der Waals surface area (Å²) in [6, 6.07) is 7.59. The quantitative estimate of drug-likeness (QED) is 0.764. The van der Waals surface area contributed by atoms with Gasteiger partial charge in [0, 0.05) is 10.0 Å². The lowest BCUT2D eigenvalue weighted by molar-refractivity contribution is -0.0712. The molecule has 1 aromatic carbocycles. The van der Waals surface area contributed by atoms with E-state index in [1.165, 1.54) is 0 Å². The summed E-state index contributed by atoms with van der Waals surface area (Å²) in [4.78, 5) is 12.7. The molecule has 0 amide bonds. The maximum Gasteiger partial charge on any atom is 0.170 e. The van der Waals surface area contributed by atoms with Crippen LogP contribution in [0.4, 0.5) is 0 Å². The zero-order chi connectivity index (χ0) is 13.6. The van der Waals surface area contributed by atoms with Crippen molar-refractivity contribution < 1.29 is 9.53 Å². The van der Waals surface area contributed by atoms with E-state index in [0.717, 1.165) is 16.5 Å². The number of hydrogen-bond donors (Lipinski definition) is 0. The Balaban J connectivity index is 2.33. The number of rotatable bonds is 2. The van der Waals surface area contributed by atoms with E-state index < -0.39 is 5.60 Å². The Morgan fingerprint density at radius 1 is 1.28 bits per heavy atom. The summed E-state index contributed by atoms with van der Waals surface area (Å²) in [6.07, 6.45) is 0.764. The van der Waals surface area contributed by atoms with Crippen molar-refractivity contribution in [1.29, 1.82) is 0 Å². The lowest BCUT2D eigenvalue weighted by Crippen LogP contribution is -2.34. The van der Waals surface area contributed by atoms with E-state index in [1.54, 1.807) is 0 Å². The molecule has 1 aromatic rings. The maximum atomic E-state index is 12.7. The van der Waals surface area contributed by atoms with Crippen molar-refractivity contribution in [1.82, 2.24) is 0 Å². The molecule has 18 heavy (non-hydrogen) atoms. The minimum Gasteiger partial charge on any atom is -0.369 e. The number of carbonyl (C=O) groups excluding carboxylic acids is 1. The smallest absolute Gasteiger partial charge is 0.170 e. The van der Waals surface area contributed by atoms with Crippen LogP contribution in [0.1, 0.15) is 44.5 Å². The normalized spacial score (nSPS) is 25.1. The van der Waals surface area contributed by atoms with Gasteiger partial charge in [0.25, 0.3) is 0 Å². The van der Waals surface area contributed by atoms with Crippen LogP contribution in [0.3, 0.4) is 0 Å². The van der Waals surface area contributed by atoms with Gasteiger partial charge in [0.2, 0.25) is 0 Å². The highest BCUT2D eigenvalue weighted by atomic mass is 79.9. The Kier molecular flexibility index (Phi) is 3.41. The van der Waals surface area contributed by atoms with E-state index in [2.05, 4.69) is 15.9 Å². The number of halogens is 1. The molecule has 1 fully saturated rings. The molecule has 2 nitrogen and oxygen atoms in total. The lowest BCUT2D eigenvalue weighted by atomic mass is 9.82. The number of hydrogen-bond acceptors (Lipinski definition) is 2. The first kappa shape index (κ1) is 13.8. The Bertz CT molecular complexity index is 477. The second-order valence-corrected chi connectivity index (χ2v) is 6.92. The predicted octanol–water partition coefficient (Wildman–Crippen LogP) is 4.23. The molecule has 2 rings (SSSR count). The summed E-state index contributed by atoms with van der Waals surface area (Å²) in [7, 11) is 0. The lowest BCUT2D eigenvalue weighted by Gasteiger charge is -2.26. The zero-order valence-electron chi connectivity index (χ0n) is 11.3. The van der Waals surface area contributed by atoms with Gasteiger partial charge in [0.1, 0.15) is 0 Å². The van der Waals surface area contributed by atoms with Crippen LogP contribution in [0.5, 0.6) is 0 Å². The molecule has 0 N–H and O–H groups in total. The van der Waals surface area contributed by atoms with Gasteiger partial charge in [-0.3, -0.25) is 4.79 Å². The molecule has 1 aliphatic rings. The minimum atomic E-state index is -0.407. The van der Waals surface area contributed by atoms with Crippen molar-refractivity contribution >= 4 is 21.7 Å². The van der Waals surface area contributed by atoms with E-state index in [1.807, 2.05) is 52.0 Å². The Morgan fingerprint density at radius 3 is 2.39 bits per heavy atom. The average molecular weight is 311 g/mol. The minimum absolute atomic E-state index is 0.0915. The van der Waals surface area contributed by atoms with Gasteiger partial charge in [-0.05, 0) is 40.2 Å². The average Bonchev–Trinajstić information content (AvgIpc) is 2.46. The van der Waals surface area contributed by atoms with Gasteiger partial charge in [-0.25, -0.2) is 0 Å². The molecule has 0 saturated carbocycles. The first-order valence-electron chi connectivity index (χ1n) is 6.22. The van der Waals surface area contributed by atoms with Gasteiger partial charge < -0.3 is 4.74 Å². The van der Waals surface area contributed by atoms with Gasteiger partial charge in [0.05, 0.1) is 17.1 Å². The summed E-state index contributed by atoms with van der Waals surface area (Å²) >= 11 is 3.45. The highest BCUT2D eigenvalue weighted by molar-refractivity contribution is 9.10. The third kappa shape index (κ3) is 2.52. The second-order valence-electron chi connectivity index (χ2n) is 6.07. The van der Waals surface area contributed by atoms with E-state index in [9.17, 15) is 4.79 Å². The van der Waals surface area contributed by atoms with Crippen molar-refractivity contribution in [2.75, 3.05) is 0 Å². The summed E-state index contributed by atoms with van der Waals surface area (Å²) in [5.41, 5.74) is 0.109. The van der Waals surface area contributed by atoms with Crippen molar-refractivity contribution in [2.24, 2.45) is 5.92 Å². The number of ketones is 1. The molecule has 1 unspecified atom stereocenters. The largest absolute Gasteiger partial charge is 0.369 e. The third-order valence-corrected chi connectivity index (χ3v) is 4.22. The summed E-state index contributed by atoms with van der Waals surface area (Å²) in [5.74, 6) is 0.0734. The number of Topliss-reactive ketones (excluding diaryl/α,β-unsaturated/α-hetero) is 1. The first-order valence-corrected chi connectivity index (χ1v) is 7.01. The highest BCUT2D eigenvalue weighted by Gasteiger charge is 2.49. The molecule has 1 heterocycles. The van der Waals surface area contributed by atoms with E-state index in [4.69, 9.17) is 4.74 Å². The van der Waals surface area contributed by atoms with Crippen LogP contribution in [0.2, 0.25) is 0 Å².